The summed E-state index contributed by atoms with van der Waals surface area (Å²) in [4.78, 5) is 27.6. The lowest BCUT2D eigenvalue weighted by molar-refractivity contribution is -0.113. The van der Waals surface area contributed by atoms with E-state index in [1.54, 1.807) is 23.9 Å². The van der Waals surface area contributed by atoms with Gasteiger partial charge < -0.3 is 4.74 Å². The number of rotatable bonds is 5. The first kappa shape index (κ1) is 21.7. The van der Waals surface area contributed by atoms with Crippen molar-refractivity contribution in [2.24, 2.45) is 0 Å². The third-order valence-electron chi connectivity index (χ3n) is 5.56. The molecule has 0 saturated carbocycles. The lowest BCUT2D eigenvalue weighted by Crippen LogP contribution is -2.28. The van der Waals surface area contributed by atoms with Crippen LogP contribution in [0.15, 0.2) is 90.0 Å². The van der Waals surface area contributed by atoms with Crippen molar-refractivity contribution in [3.63, 3.8) is 0 Å². The Hall–Kier alpha value is -4.10. The molecule has 0 unspecified atom stereocenters. The van der Waals surface area contributed by atoms with Gasteiger partial charge in [-0.25, -0.2) is 9.58 Å². The number of thioether (sulfide) groups is 1. The SMILES string of the molecule is COc1ccc(-c2nn(-c3ccccc3)cc2/C=C2\SC(=O)N(c3ccccc3C)C2=O)cc1. The minimum atomic E-state index is -0.336. The number of para-hydroxylation sites is 2. The highest BCUT2D eigenvalue weighted by atomic mass is 32.2. The number of imide groups is 1. The van der Waals surface area contributed by atoms with E-state index < -0.39 is 0 Å². The molecule has 34 heavy (non-hydrogen) atoms. The van der Waals surface area contributed by atoms with E-state index in [4.69, 9.17) is 9.84 Å². The molecule has 4 aromatic rings. The molecule has 2 amide bonds. The molecule has 0 spiro atoms. The largest absolute Gasteiger partial charge is 0.497 e. The number of aryl methyl sites for hydroxylation is 1. The standard InChI is InChI=1S/C27H21N3O3S/c1-18-8-6-7-11-23(18)30-26(31)24(34-27(30)32)16-20-17-29(21-9-4-3-5-10-21)28-25(20)19-12-14-22(33-2)15-13-19/h3-17H,1-2H3/b24-16-. The zero-order valence-electron chi connectivity index (χ0n) is 18.6. The molecule has 1 aliphatic heterocycles. The topological polar surface area (TPSA) is 64.4 Å². The minimum Gasteiger partial charge on any atom is -0.497 e. The van der Waals surface area contributed by atoms with Gasteiger partial charge in [-0.2, -0.15) is 5.10 Å². The number of nitrogens with zero attached hydrogens (tertiary/aromatic N) is 3. The van der Waals surface area contributed by atoms with Gasteiger partial charge in [0, 0.05) is 17.3 Å². The summed E-state index contributed by atoms with van der Waals surface area (Å²) in [6.45, 7) is 1.88. The van der Waals surface area contributed by atoms with Crippen molar-refractivity contribution in [2.45, 2.75) is 6.92 Å². The Morgan fingerprint density at radius 3 is 2.32 bits per heavy atom. The minimum absolute atomic E-state index is 0.313. The smallest absolute Gasteiger partial charge is 0.298 e. The van der Waals surface area contributed by atoms with Gasteiger partial charge in [0.05, 0.1) is 29.1 Å². The third-order valence-corrected chi connectivity index (χ3v) is 6.43. The molecule has 6 nitrogen and oxygen atoms in total. The molecule has 1 aliphatic rings. The van der Waals surface area contributed by atoms with E-state index in [9.17, 15) is 9.59 Å². The molecule has 168 valence electrons. The van der Waals surface area contributed by atoms with Crippen LogP contribution >= 0.6 is 11.8 Å². The second-order valence-corrected chi connectivity index (χ2v) is 8.74. The van der Waals surface area contributed by atoms with E-state index >= 15 is 0 Å². The number of anilines is 1. The molecule has 2 heterocycles. The lowest BCUT2D eigenvalue weighted by atomic mass is 10.1. The number of carbonyl (C=O) groups excluding carboxylic acids is 2. The molecular weight excluding hydrogens is 446 g/mol. The van der Waals surface area contributed by atoms with Crippen molar-refractivity contribution in [3.8, 4) is 22.7 Å². The van der Waals surface area contributed by atoms with Crippen LogP contribution in [0.1, 0.15) is 11.1 Å². The van der Waals surface area contributed by atoms with Gasteiger partial charge in [0.1, 0.15) is 5.75 Å². The van der Waals surface area contributed by atoms with Crippen molar-refractivity contribution >= 4 is 34.7 Å². The maximum absolute atomic E-state index is 13.3. The Labute approximate surface area is 201 Å². The summed E-state index contributed by atoms with van der Waals surface area (Å²) in [6, 6.07) is 24.7. The molecule has 0 radical (unpaired) electrons. The van der Waals surface area contributed by atoms with Crippen LogP contribution in [-0.2, 0) is 4.79 Å². The molecule has 5 rings (SSSR count). The van der Waals surface area contributed by atoms with Crippen LogP contribution < -0.4 is 9.64 Å². The summed E-state index contributed by atoms with van der Waals surface area (Å²) < 4.78 is 7.05. The normalized spacial score (nSPS) is 14.8. The van der Waals surface area contributed by atoms with E-state index in [-0.39, 0.29) is 11.1 Å². The summed E-state index contributed by atoms with van der Waals surface area (Å²) in [5.41, 5.74) is 4.67. The number of hydrogen-bond acceptors (Lipinski definition) is 5. The number of hydrogen-bond donors (Lipinski definition) is 0. The fraction of sp³-hybridized carbons (Fsp3) is 0.0741. The van der Waals surface area contributed by atoms with Crippen LogP contribution in [0.3, 0.4) is 0 Å². The van der Waals surface area contributed by atoms with Gasteiger partial charge in [-0.05, 0) is 72.8 Å². The highest BCUT2D eigenvalue weighted by Gasteiger charge is 2.37. The number of carbonyl (C=O) groups is 2. The molecule has 1 fully saturated rings. The number of amides is 2. The van der Waals surface area contributed by atoms with Gasteiger partial charge in [-0.1, -0.05) is 36.4 Å². The summed E-state index contributed by atoms with van der Waals surface area (Å²) in [5.74, 6) is 0.407. The van der Waals surface area contributed by atoms with E-state index in [0.29, 0.717) is 16.3 Å². The van der Waals surface area contributed by atoms with Gasteiger partial charge >= 0.3 is 0 Å². The summed E-state index contributed by atoms with van der Waals surface area (Å²) in [7, 11) is 1.62. The molecule has 3 aromatic carbocycles. The van der Waals surface area contributed by atoms with E-state index in [0.717, 1.165) is 39.9 Å². The molecule has 0 aliphatic carbocycles. The monoisotopic (exact) mass is 467 g/mol. The van der Waals surface area contributed by atoms with Gasteiger partial charge in [-0.15, -0.1) is 0 Å². The highest BCUT2D eigenvalue weighted by Crippen LogP contribution is 2.38. The maximum atomic E-state index is 13.3. The molecular formula is C27H21N3O3S. The van der Waals surface area contributed by atoms with E-state index in [1.165, 1.54) is 4.90 Å². The van der Waals surface area contributed by atoms with Crippen LogP contribution in [0.4, 0.5) is 10.5 Å². The Morgan fingerprint density at radius 1 is 0.912 bits per heavy atom. The maximum Gasteiger partial charge on any atom is 0.298 e. The third kappa shape index (κ3) is 4.02. The van der Waals surface area contributed by atoms with Crippen molar-refractivity contribution in [3.05, 3.63) is 101 Å². The molecule has 1 aromatic heterocycles. The fourth-order valence-electron chi connectivity index (χ4n) is 3.81. The Kier molecular flexibility index (Phi) is 5.77. The van der Waals surface area contributed by atoms with Gasteiger partial charge in [-0.3, -0.25) is 9.59 Å². The predicted octanol–water partition coefficient (Wildman–Crippen LogP) is 6.10. The van der Waals surface area contributed by atoms with Crippen molar-refractivity contribution in [1.29, 1.82) is 0 Å². The number of ether oxygens (including phenoxy) is 1. The number of benzene rings is 3. The van der Waals surface area contributed by atoms with Crippen molar-refractivity contribution < 1.29 is 14.3 Å². The van der Waals surface area contributed by atoms with Crippen LogP contribution in [0.2, 0.25) is 0 Å². The Balaban J connectivity index is 1.58. The van der Waals surface area contributed by atoms with Crippen LogP contribution in [0.25, 0.3) is 23.0 Å². The first-order valence-corrected chi connectivity index (χ1v) is 11.5. The average molecular weight is 468 g/mol. The van der Waals surface area contributed by atoms with E-state index in [2.05, 4.69) is 0 Å². The summed E-state index contributed by atoms with van der Waals surface area (Å²) >= 11 is 0.937. The second kappa shape index (κ2) is 9.03. The molecule has 0 bridgehead atoms. The van der Waals surface area contributed by atoms with Gasteiger partial charge in [0.2, 0.25) is 0 Å². The van der Waals surface area contributed by atoms with Crippen LogP contribution in [-0.4, -0.2) is 28.0 Å². The second-order valence-electron chi connectivity index (χ2n) is 7.75. The fourth-order valence-corrected chi connectivity index (χ4v) is 4.64. The zero-order chi connectivity index (χ0) is 23.7. The molecule has 1 saturated heterocycles. The predicted molar refractivity (Wildman–Crippen MR) is 135 cm³/mol. The first-order valence-electron chi connectivity index (χ1n) is 10.7. The highest BCUT2D eigenvalue weighted by molar-refractivity contribution is 8.19. The Bertz CT molecular complexity index is 1410. The van der Waals surface area contributed by atoms with E-state index in [1.807, 2.05) is 85.9 Å². The number of methoxy groups -OCH3 is 1. The Morgan fingerprint density at radius 2 is 1.62 bits per heavy atom. The van der Waals surface area contributed by atoms with Gasteiger partial charge in [0.25, 0.3) is 11.1 Å². The van der Waals surface area contributed by atoms with Crippen molar-refractivity contribution in [1.82, 2.24) is 9.78 Å². The summed E-state index contributed by atoms with van der Waals surface area (Å²) in [6.07, 6.45) is 3.62. The molecule has 7 heteroatoms. The first-order chi connectivity index (χ1) is 16.5. The average Bonchev–Trinajstić information content (AvgIpc) is 3.41. The van der Waals surface area contributed by atoms with Crippen LogP contribution in [0.5, 0.6) is 5.75 Å². The molecule has 0 atom stereocenters. The quantitative estimate of drug-likeness (QED) is 0.332. The van der Waals surface area contributed by atoms with Crippen LogP contribution in [0, 0.1) is 6.92 Å². The number of aromatic nitrogens is 2. The lowest BCUT2D eigenvalue weighted by Gasteiger charge is -2.14. The molecule has 0 N–H and O–H groups in total. The van der Waals surface area contributed by atoms with Gasteiger partial charge in [0.15, 0.2) is 0 Å². The summed E-state index contributed by atoms with van der Waals surface area (Å²) in [5, 5.41) is 4.48. The van der Waals surface area contributed by atoms with Crippen molar-refractivity contribution in [2.75, 3.05) is 12.0 Å². The zero-order valence-corrected chi connectivity index (χ0v) is 19.5.